The number of hydrogen-bond acceptors (Lipinski definition) is 0. The van der Waals surface area contributed by atoms with Crippen LogP contribution in [0.3, 0.4) is 0 Å². The molecule has 0 aromatic heterocycles. The second-order valence-electron chi connectivity index (χ2n) is 6.95. The van der Waals surface area contributed by atoms with E-state index in [1.165, 1.54) is 29.5 Å². The Balaban J connectivity index is -0.000000332. The SMILES string of the molecule is CC(C)C.CCC.CCC.CCc1c(C)cc(C)c(CC)c1C. The highest BCUT2D eigenvalue weighted by Gasteiger charge is 2.07. The molecule has 0 heterocycles. The topological polar surface area (TPSA) is 0 Å². The number of hydrogen-bond donors (Lipinski definition) is 0. The number of rotatable bonds is 2. The molecule has 0 aliphatic carbocycles. The minimum Gasteiger partial charge on any atom is -0.0656 e. The lowest BCUT2D eigenvalue weighted by Gasteiger charge is -2.15. The minimum absolute atomic E-state index is 0.833. The Bertz CT molecular complexity index is 339. The quantitative estimate of drug-likeness (QED) is 0.514. The van der Waals surface area contributed by atoms with E-state index in [9.17, 15) is 0 Å². The summed E-state index contributed by atoms with van der Waals surface area (Å²) in [6.45, 7) is 26.2. The van der Waals surface area contributed by atoms with Crippen molar-refractivity contribution < 1.29 is 0 Å². The van der Waals surface area contributed by atoms with Gasteiger partial charge in [0.2, 0.25) is 0 Å². The molecular formula is C23H46. The molecule has 0 heteroatoms. The smallest absolute Gasteiger partial charge is 0.0302 e. The summed E-state index contributed by atoms with van der Waals surface area (Å²) >= 11 is 0. The molecule has 0 aliphatic rings. The molecule has 0 bridgehead atoms. The molecule has 0 nitrogen and oxygen atoms in total. The first-order valence-electron chi connectivity index (χ1n) is 9.76. The standard InChI is InChI=1S/C13H20.C4H10.2C3H8/c1-6-12-9(3)8-10(4)13(7-2)11(12)5;1-4(2)3;2*1-3-2/h8H,6-7H2,1-5H3;4H,1-3H3;2*3H2,1-2H3. The fourth-order valence-electron chi connectivity index (χ4n) is 2.36. The second kappa shape index (κ2) is 17.6. The van der Waals surface area contributed by atoms with E-state index in [0.717, 1.165) is 18.8 Å². The van der Waals surface area contributed by atoms with Crippen molar-refractivity contribution in [3.8, 4) is 0 Å². The average molecular weight is 323 g/mol. The van der Waals surface area contributed by atoms with Gasteiger partial charge in [-0.3, -0.25) is 0 Å². The summed E-state index contributed by atoms with van der Waals surface area (Å²) in [4.78, 5) is 0. The van der Waals surface area contributed by atoms with E-state index in [4.69, 9.17) is 0 Å². The van der Waals surface area contributed by atoms with E-state index < -0.39 is 0 Å². The molecule has 0 saturated heterocycles. The molecule has 0 fully saturated rings. The normalized spacial score (nSPS) is 9.09. The first kappa shape index (κ1) is 27.1. The third-order valence-electron chi connectivity index (χ3n) is 3.00. The van der Waals surface area contributed by atoms with E-state index in [1.54, 1.807) is 11.1 Å². The molecular weight excluding hydrogens is 276 g/mol. The summed E-state index contributed by atoms with van der Waals surface area (Å²) < 4.78 is 0. The molecule has 1 aromatic rings. The average Bonchev–Trinajstić information content (AvgIpc) is 2.40. The Labute approximate surface area is 149 Å². The molecule has 0 spiro atoms. The first-order chi connectivity index (χ1) is 10.7. The predicted molar refractivity (Wildman–Crippen MR) is 112 cm³/mol. The van der Waals surface area contributed by atoms with Gasteiger partial charge >= 0.3 is 0 Å². The molecule has 0 atom stereocenters. The molecule has 1 aromatic carbocycles. The molecule has 0 amide bonds. The van der Waals surface area contributed by atoms with Gasteiger partial charge in [0.05, 0.1) is 0 Å². The zero-order valence-electron chi connectivity index (χ0n) is 18.5. The van der Waals surface area contributed by atoms with E-state index >= 15 is 0 Å². The van der Waals surface area contributed by atoms with E-state index in [-0.39, 0.29) is 0 Å². The van der Waals surface area contributed by atoms with E-state index in [2.05, 4.69) is 89.2 Å². The van der Waals surface area contributed by atoms with Crippen molar-refractivity contribution in [3.05, 3.63) is 33.9 Å². The molecule has 23 heavy (non-hydrogen) atoms. The van der Waals surface area contributed by atoms with Crippen molar-refractivity contribution >= 4 is 0 Å². The fraction of sp³-hybridized carbons (Fsp3) is 0.739. The predicted octanol–water partition coefficient (Wildman–Crippen LogP) is 8.23. The summed E-state index contributed by atoms with van der Waals surface area (Å²) in [5.41, 5.74) is 7.51. The van der Waals surface area contributed by atoms with Crippen molar-refractivity contribution in [2.45, 2.75) is 109 Å². The lowest BCUT2D eigenvalue weighted by Crippen LogP contribution is -1.99. The van der Waals surface area contributed by atoms with Crippen LogP contribution < -0.4 is 0 Å². The highest BCUT2D eigenvalue weighted by Crippen LogP contribution is 2.22. The first-order valence-corrected chi connectivity index (χ1v) is 9.76. The van der Waals surface area contributed by atoms with Gasteiger partial charge in [-0.25, -0.2) is 0 Å². The summed E-state index contributed by atoms with van der Waals surface area (Å²) in [5, 5.41) is 0. The van der Waals surface area contributed by atoms with Crippen molar-refractivity contribution in [3.63, 3.8) is 0 Å². The van der Waals surface area contributed by atoms with Gasteiger partial charge in [-0.05, 0) is 67.3 Å². The summed E-state index contributed by atoms with van der Waals surface area (Å²) in [5.74, 6) is 0.833. The van der Waals surface area contributed by atoms with E-state index in [0.29, 0.717) is 0 Å². The van der Waals surface area contributed by atoms with Crippen LogP contribution in [0.15, 0.2) is 6.07 Å². The maximum Gasteiger partial charge on any atom is -0.0302 e. The van der Waals surface area contributed by atoms with Gasteiger partial charge in [-0.1, -0.05) is 81.2 Å². The van der Waals surface area contributed by atoms with Crippen LogP contribution in [0, 0.1) is 26.7 Å². The largest absolute Gasteiger partial charge is 0.0656 e. The van der Waals surface area contributed by atoms with Crippen LogP contribution in [0.4, 0.5) is 0 Å². The molecule has 138 valence electrons. The van der Waals surface area contributed by atoms with Gasteiger partial charge in [0.15, 0.2) is 0 Å². The second-order valence-corrected chi connectivity index (χ2v) is 6.95. The van der Waals surface area contributed by atoms with Gasteiger partial charge in [0.25, 0.3) is 0 Å². The Morgan fingerprint density at radius 1 is 0.652 bits per heavy atom. The van der Waals surface area contributed by atoms with Crippen molar-refractivity contribution in [2.75, 3.05) is 0 Å². The minimum atomic E-state index is 0.833. The van der Waals surface area contributed by atoms with E-state index in [1.807, 2.05) is 0 Å². The fourth-order valence-corrected chi connectivity index (χ4v) is 2.36. The molecule has 1 rings (SSSR count). The molecule has 0 aliphatic heterocycles. The lowest BCUT2D eigenvalue weighted by molar-refractivity contribution is 0.737. The third-order valence-corrected chi connectivity index (χ3v) is 3.00. The van der Waals surface area contributed by atoms with Gasteiger partial charge in [-0.2, -0.15) is 0 Å². The molecule has 0 unspecified atom stereocenters. The molecule has 0 saturated carbocycles. The number of aryl methyl sites for hydroxylation is 2. The third kappa shape index (κ3) is 14.5. The molecule has 0 radical (unpaired) electrons. The van der Waals surface area contributed by atoms with Crippen molar-refractivity contribution in [1.82, 2.24) is 0 Å². The summed E-state index contributed by atoms with van der Waals surface area (Å²) in [6, 6.07) is 2.32. The van der Waals surface area contributed by atoms with Crippen LogP contribution in [-0.2, 0) is 12.8 Å². The maximum absolute atomic E-state index is 2.32. The van der Waals surface area contributed by atoms with Crippen LogP contribution in [0.25, 0.3) is 0 Å². The Morgan fingerprint density at radius 2 is 0.870 bits per heavy atom. The van der Waals surface area contributed by atoms with Crippen molar-refractivity contribution in [2.24, 2.45) is 5.92 Å². The van der Waals surface area contributed by atoms with Crippen LogP contribution in [-0.4, -0.2) is 0 Å². The van der Waals surface area contributed by atoms with Gasteiger partial charge in [-0.15, -0.1) is 0 Å². The highest BCUT2D eigenvalue weighted by atomic mass is 14.1. The highest BCUT2D eigenvalue weighted by molar-refractivity contribution is 5.44. The van der Waals surface area contributed by atoms with Gasteiger partial charge < -0.3 is 0 Å². The van der Waals surface area contributed by atoms with Crippen LogP contribution >= 0.6 is 0 Å². The zero-order chi connectivity index (χ0) is 19.0. The monoisotopic (exact) mass is 322 g/mol. The molecule has 0 N–H and O–H groups in total. The van der Waals surface area contributed by atoms with Gasteiger partial charge in [0.1, 0.15) is 0 Å². The van der Waals surface area contributed by atoms with Crippen LogP contribution in [0.2, 0.25) is 0 Å². The number of benzene rings is 1. The maximum atomic E-state index is 2.32. The van der Waals surface area contributed by atoms with Gasteiger partial charge in [0, 0.05) is 0 Å². The summed E-state index contributed by atoms with van der Waals surface area (Å²) in [6.07, 6.45) is 4.82. The van der Waals surface area contributed by atoms with Crippen LogP contribution in [0.5, 0.6) is 0 Å². The Hall–Kier alpha value is -0.780. The zero-order valence-corrected chi connectivity index (χ0v) is 18.5. The van der Waals surface area contributed by atoms with Crippen LogP contribution in [0.1, 0.15) is 103 Å². The van der Waals surface area contributed by atoms with Crippen molar-refractivity contribution in [1.29, 1.82) is 0 Å². The Morgan fingerprint density at radius 3 is 1.04 bits per heavy atom. The lowest BCUT2D eigenvalue weighted by atomic mass is 9.91. The Kier molecular flexibility index (Phi) is 20.7. The summed E-state index contributed by atoms with van der Waals surface area (Å²) in [7, 11) is 0.